The number of aromatic nitrogens is 3. The molecular weight excluding hydrogens is 218 g/mol. The van der Waals surface area contributed by atoms with Crippen molar-refractivity contribution in [2.75, 3.05) is 0 Å². The highest BCUT2D eigenvalue weighted by Gasteiger charge is 2.09. The maximum atomic E-state index is 11.0. The molecule has 0 spiro atoms. The number of carboxylic acids is 1. The fourth-order valence-corrected chi connectivity index (χ4v) is 1.99. The van der Waals surface area contributed by atoms with Gasteiger partial charge in [-0.2, -0.15) is 5.10 Å². The molecule has 2 heterocycles. The van der Waals surface area contributed by atoms with Crippen molar-refractivity contribution in [3.8, 4) is 0 Å². The van der Waals surface area contributed by atoms with E-state index in [1.807, 2.05) is 7.05 Å². The minimum absolute atomic E-state index is 0.257. The van der Waals surface area contributed by atoms with Crippen molar-refractivity contribution in [3.05, 3.63) is 36.2 Å². The van der Waals surface area contributed by atoms with Gasteiger partial charge in [0.1, 0.15) is 0 Å². The number of benzene rings is 1. The predicted molar refractivity (Wildman–Crippen MR) is 63.0 cm³/mol. The molecule has 0 radical (unpaired) electrons. The van der Waals surface area contributed by atoms with Gasteiger partial charge in [-0.3, -0.25) is 9.67 Å². The van der Waals surface area contributed by atoms with Crippen molar-refractivity contribution in [1.29, 1.82) is 0 Å². The van der Waals surface area contributed by atoms with Crippen LogP contribution in [-0.4, -0.2) is 25.8 Å². The molecule has 1 N–H and O–H groups in total. The van der Waals surface area contributed by atoms with Crippen molar-refractivity contribution >= 4 is 27.8 Å². The number of aromatic carboxylic acids is 1. The van der Waals surface area contributed by atoms with Crippen molar-refractivity contribution in [2.24, 2.45) is 7.05 Å². The Balaban J connectivity index is 2.49. The Kier molecular flexibility index (Phi) is 1.89. The summed E-state index contributed by atoms with van der Waals surface area (Å²) < 4.78 is 1.73. The predicted octanol–water partition coefficient (Wildman–Crippen LogP) is 1.82. The summed E-state index contributed by atoms with van der Waals surface area (Å²) in [5.41, 5.74) is 1.93. The van der Waals surface area contributed by atoms with Crippen molar-refractivity contribution in [1.82, 2.24) is 14.8 Å². The van der Waals surface area contributed by atoms with Crippen LogP contribution in [0.3, 0.4) is 0 Å². The van der Waals surface area contributed by atoms with Crippen molar-refractivity contribution in [3.63, 3.8) is 0 Å². The third kappa shape index (κ3) is 1.36. The molecule has 0 aliphatic rings. The van der Waals surface area contributed by atoms with E-state index in [2.05, 4.69) is 10.1 Å². The Labute approximate surface area is 96.3 Å². The molecule has 84 valence electrons. The first-order valence-corrected chi connectivity index (χ1v) is 5.10. The summed E-state index contributed by atoms with van der Waals surface area (Å²) in [4.78, 5) is 15.2. The summed E-state index contributed by atoms with van der Waals surface area (Å²) in [5, 5.41) is 14.9. The van der Waals surface area contributed by atoms with Crippen LogP contribution in [0.4, 0.5) is 0 Å². The number of hydrogen-bond acceptors (Lipinski definition) is 3. The van der Waals surface area contributed by atoms with Gasteiger partial charge in [-0.05, 0) is 18.2 Å². The van der Waals surface area contributed by atoms with E-state index in [1.165, 1.54) is 0 Å². The molecule has 0 saturated carbocycles. The number of rotatable bonds is 1. The highest BCUT2D eigenvalue weighted by molar-refractivity contribution is 6.05. The lowest BCUT2D eigenvalue weighted by Gasteiger charge is -2.02. The van der Waals surface area contributed by atoms with E-state index in [-0.39, 0.29) is 5.56 Å². The van der Waals surface area contributed by atoms with Crippen LogP contribution in [0.25, 0.3) is 21.8 Å². The molecule has 0 aliphatic carbocycles. The number of fused-ring (bicyclic) bond motifs is 3. The number of carboxylic acid groups (broad SMARTS) is 1. The fourth-order valence-electron chi connectivity index (χ4n) is 1.99. The summed E-state index contributed by atoms with van der Waals surface area (Å²) in [6, 6.07) is 4.90. The summed E-state index contributed by atoms with van der Waals surface area (Å²) in [6.07, 6.45) is 3.46. The monoisotopic (exact) mass is 227 g/mol. The number of hydrogen-bond donors (Lipinski definition) is 1. The fraction of sp³-hybridized carbons (Fsp3) is 0.0833. The SMILES string of the molecule is Cn1ncc2cnc3ccc(C(=O)O)cc3c21. The average Bonchev–Trinajstić information content (AvgIpc) is 2.70. The minimum atomic E-state index is -0.939. The molecule has 2 aromatic heterocycles. The van der Waals surface area contributed by atoms with E-state index in [4.69, 9.17) is 5.11 Å². The van der Waals surface area contributed by atoms with E-state index < -0.39 is 5.97 Å². The van der Waals surface area contributed by atoms with Crippen LogP contribution in [0.1, 0.15) is 10.4 Å². The first kappa shape index (κ1) is 9.77. The van der Waals surface area contributed by atoms with Crippen LogP contribution >= 0.6 is 0 Å². The van der Waals surface area contributed by atoms with Crippen LogP contribution in [0.2, 0.25) is 0 Å². The van der Waals surface area contributed by atoms with Crippen LogP contribution < -0.4 is 0 Å². The highest BCUT2D eigenvalue weighted by Crippen LogP contribution is 2.23. The second-order valence-corrected chi connectivity index (χ2v) is 3.87. The van der Waals surface area contributed by atoms with Crippen molar-refractivity contribution in [2.45, 2.75) is 0 Å². The third-order valence-electron chi connectivity index (χ3n) is 2.81. The Morgan fingerprint density at radius 3 is 2.94 bits per heavy atom. The van der Waals surface area contributed by atoms with Crippen LogP contribution in [0.5, 0.6) is 0 Å². The minimum Gasteiger partial charge on any atom is -0.478 e. The van der Waals surface area contributed by atoms with Gasteiger partial charge in [-0.25, -0.2) is 4.79 Å². The lowest BCUT2D eigenvalue weighted by atomic mass is 10.1. The zero-order valence-electron chi connectivity index (χ0n) is 9.08. The molecule has 0 fully saturated rings. The molecule has 0 amide bonds. The molecule has 3 aromatic rings. The van der Waals surface area contributed by atoms with E-state index in [0.717, 1.165) is 21.8 Å². The summed E-state index contributed by atoms with van der Waals surface area (Å²) in [6.45, 7) is 0. The third-order valence-corrected chi connectivity index (χ3v) is 2.81. The molecule has 0 aliphatic heterocycles. The lowest BCUT2D eigenvalue weighted by Crippen LogP contribution is -1.97. The number of aryl methyl sites for hydroxylation is 1. The maximum Gasteiger partial charge on any atom is 0.335 e. The second-order valence-electron chi connectivity index (χ2n) is 3.87. The quantitative estimate of drug-likeness (QED) is 0.688. The molecule has 0 bridgehead atoms. The summed E-state index contributed by atoms with van der Waals surface area (Å²) in [5.74, 6) is -0.939. The lowest BCUT2D eigenvalue weighted by molar-refractivity contribution is 0.0697. The van der Waals surface area contributed by atoms with Crippen LogP contribution in [-0.2, 0) is 7.05 Å². The summed E-state index contributed by atoms with van der Waals surface area (Å²) in [7, 11) is 1.83. The average molecular weight is 227 g/mol. The zero-order chi connectivity index (χ0) is 12.0. The molecule has 1 aromatic carbocycles. The number of pyridine rings is 1. The number of carbonyl (C=O) groups is 1. The van der Waals surface area contributed by atoms with Crippen LogP contribution in [0.15, 0.2) is 30.6 Å². The first-order chi connectivity index (χ1) is 8.16. The van der Waals surface area contributed by atoms with Gasteiger partial charge in [0.25, 0.3) is 0 Å². The molecule has 17 heavy (non-hydrogen) atoms. The highest BCUT2D eigenvalue weighted by atomic mass is 16.4. The van der Waals surface area contributed by atoms with E-state index in [0.29, 0.717) is 0 Å². The normalized spacial score (nSPS) is 11.1. The first-order valence-electron chi connectivity index (χ1n) is 5.10. The van der Waals surface area contributed by atoms with Gasteiger partial charge in [0, 0.05) is 24.0 Å². The number of nitrogens with zero attached hydrogens (tertiary/aromatic N) is 3. The maximum absolute atomic E-state index is 11.0. The van der Waals surface area contributed by atoms with Gasteiger partial charge >= 0.3 is 5.97 Å². The van der Waals surface area contributed by atoms with Gasteiger partial charge in [0.15, 0.2) is 0 Å². The Morgan fingerprint density at radius 2 is 2.18 bits per heavy atom. The topological polar surface area (TPSA) is 68.0 Å². The largest absolute Gasteiger partial charge is 0.478 e. The molecule has 5 nitrogen and oxygen atoms in total. The van der Waals surface area contributed by atoms with E-state index in [9.17, 15) is 4.79 Å². The smallest absolute Gasteiger partial charge is 0.335 e. The molecule has 5 heteroatoms. The molecule has 3 rings (SSSR count). The Bertz CT molecular complexity index is 746. The van der Waals surface area contributed by atoms with Crippen molar-refractivity contribution < 1.29 is 9.90 Å². The van der Waals surface area contributed by atoms with Gasteiger partial charge in [0.2, 0.25) is 0 Å². The summed E-state index contributed by atoms with van der Waals surface area (Å²) >= 11 is 0. The molecule has 0 unspecified atom stereocenters. The van der Waals surface area contributed by atoms with Gasteiger partial charge in [-0.15, -0.1) is 0 Å². The Hall–Kier alpha value is -2.43. The standard InChI is InChI=1S/C12H9N3O2/c1-15-11-8(6-14-15)5-13-10-3-2-7(12(16)17)4-9(10)11/h2-6H,1H3,(H,16,17). The molecule has 0 saturated heterocycles. The van der Waals surface area contributed by atoms with Gasteiger partial charge < -0.3 is 5.11 Å². The zero-order valence-corrected chi connectivity index (χ0v) is 9.08. The van der Waals surface area contributed by atoms with E-state index >= 15 is 0 Å². The second kappa shape index (κ2) is 3.28. The van der Waals surface area contributed by atoms with Crippen LogP contribution in [0, 0.1) is 0 Å². The Morgan fingerprint density at radius 1 is 1.35 bits per heavy atom. The molecule has 0 atom stereocenters. The molecular formula is C12H9N3O2. The van der Waals surface area contributed by atoms with Gasteiger partial charge in [0.05, 0.1) is 22.8 Å². The van der Waals surface area contributed by atoms with Gasteiger partial charge in [-0.1, -0.05) is 0 Å². The van der Waals surface area contributed by atoms with E-state index in [1.54, 1.807) is 35.3 Å².